The van der Waals surface area contributed by atoms with E-state index in [-0.39, 0.29) is 36.6 Å². The molecule has 4 heterocycles. The van der Waals surface area contributed by atoms with Crippen LogP contribution in [0.2, 0.25) is 0 Å². The van der Waals surface area contributed by atoms with E-state index in [0.717, 1.165) is 65.3 Å². The van der Waals surface area contributed by atoms with E-state index in [1.54, 1.807) is 0 Å². The molecular weight excluding hydrogens is 401 g/mol. The number of aromatic nitrogens is 2. The van der Waals surface area contributed by atoms with Crippen LogP contribution in [0.25, 0.3) is 0 Å². The topological polar surface area (TPSA) is 62.6 Å². The van der Waals surface area contributed by atoms with Crippen LogP contribution in [0.3, 0.4) is 0 Å². The van der Waals surface area contributed by atoms with E-state index in [0.29, 0.717) is 11.9 Å². The smallest absolute Gasteiger partial charge is 0.227 e. The molecule has 1 unspecified atom stereocenters. The Hall–Kier alpha value is -0.860. The zero-order chi connectivity index (χ0) is 17.9. The van der Waals surface area contributed by atoms with Crippen LogP contribution in [0.1, 0.15) is 30.7 Å². The van der Waals surface area contributed by atoms with Gasteiger partial charge < -0.3 is 15.0 Å². The first-order valence-corrected chi connectivity index (χ1v) is 10.0. The molecule has 0 radical (unpaired) electrons. The van der Waals surface area contributed by atoms with Crippen LogP contribution in [-0.2, 0) is 16.6 Å². The number of hydrogen-bond acceptors (Lipinski definition) is 5. The number of hydrogen-bond donors (Lipinski definition) is 1. The Morgan fingerprint density at radius 1 is 1.21 bits per heavy atom. The lowest BCUT2D eigenvalue weighted by Crippen LogP contribution is -2.53. The summed E-state index contributed by atoms with van der Waals surface area (Å²) in [6, 6.07) is 0.351. The molecule has 160 valence electrons. The highest BCUT2D eigenvalue weighted by Gasteiger charge is 2.39. The van der Waals surface area contributed by atoms with Crippen LogP contribution in [0.4, 0.5) is 0 Å². The largest absolute Gasteiger partial charge is 0.379 e. The molecule has 4 rings (SSSR count). The molecule has 3 fully saturated rings. The minimum Gasteiger partial charge on any atom is -0.379 e. The Kier molecular flexibility index (Phi) is 9.02. The van der Waals surface area contributed by atoms with Gasteiger partial charge in [0.15, 0.2) is 0 Å². The lowest BCUT2D eigenvalue weighted by atomic mass is 9.88. The Balaban J connectivity index is 0.00000140. The lowest BCUT2D eigenvalue weighted by Gasteiger charge is -2.41. The Morgan fingerprint density at radius 2 is 2.00 bits per heavy atom. The highest BCUT2D eigenvalue weighted by atomic mass is 35.5. The molecule has 0 bridgehead atoms. The van der Waals surface area contributed by atoms with Gasteiger partial charge in [-0.05, 0) is 24.8 Å². The van der Waals surface area contributed by atoms with Crippen LogP contribution < -0.4 is 5.32 Å². The Bertz CT molecular complexity index is 623. The van der Waals surface area contributed by atoms with Crippen molar-refractivity contribution < 1.29 is 9.53 Å². The quantitative estimate of drug-likeness (QED) is 0.774. The predicted molar refractivity (Wildman–Crippen MR) is 113 cm³/mol. The van der Waals surface area contributed by atoms with E-state index in [4.69, 9.17) is 4.74 Å². The van der Waals surface area contributed by atoms with Gasteiger partial charge in [-0.1, -0.05) is 0 Å². The zero-order valence-corrected chi connectivity index (χ0v) is 18.2. The number of likely N-dealkylation sites (tertiary alicyclic amines) is 1. The molecule has 0 saturated carbocycles. The minimum atomic E-state index is 0. The summed E-state index contributed by atoms with van der Waals surface area (Å²) in [6.45, 7) is 7.15. The summed E-state index contributed by atoms with van der Waals surface area (Å²) in [5.74, 6) is 0.605. The van der Waals surface area contributed by atoms with E-state index < -0.39 is 0 Å². The van der Waals surface area contributed by atoms with Crippen LogP contribution in [0.5, 0.6) is 0 Å². The SMILES string of the molecule is Cl.Cl.Cn1cc([C@H]2CNC[C@@H]2C(=O)N2CCCCC2CN2CCOCC2)cn1. The van der Waals surface area contributed by atoms with Gasteiger partial charge >= 0.3 is 0 Å². The van der Waals surface area contributed by atoms with Gasteiger partial charge in [0, 0.05) is 64.5 Å². The van der Waals surface area contributed by atoms with E-state index in [1.807, 2.05) is 17.9 Å². The van der Waals surface area contributed by atoms with Crippen LogP contribution >= 0.6 is 24.8 Å². The third-order valence-corrected chi connectivity index (χ3v) is 6.17. The number of carbonyl (C=O) groups excluding carboxylic acids is 1. The van der Waals surface area contributed by atoms with Crippen molar-refractivity contribution in [3.8, 4) is 0 Å². The molecule has 7 nitrogen and oxygen atoms in total. The molecule has 9 heteroatoms. The molecule has 1 N–H and O–H groups in total. The molecular formula is C19H33Cl2N5O2. The van der Waals surface area contributed by atoms with Gasteiger partial charge in [0.25, 0.3) is 0 Å². The number of piperidine rings is 1. The van der Waals surface area contributed by atoms with Crippen molar-refractivity contribution in [3.05, 3.63) is 18.0 Å². The van der Waals surface area contributed by atoms with Gasteiger partial charge in [0.2, 0.25) is 5.91 Å². The van der Waals surface area contributed by atoms with Crippen molar-refractivity contribution >= 4 is 30.7 Å². The zero-order valence-electron chi connectivity index (χ0n) is 16.6. The number of rotatable bonds is 4. The van der Waals surface area contributed by atoms with E-state index in [9.17, 15) is 4.79 Å². The van der Waals surface area contributed by atoms with Crippen LogP contribution in [-0.4, -0.2) is 84.0 Å². The first-order valence-electron chi connectivity index (χ1n) is 10.0. The Morgan fingerprint density at radius 3 is 2.71 bits per heavy atom. The molecule has 0 aromatic carbocycles. The van der Waals surface area contributed by atoms with Gasteiger partial charge in [0.05, 0.1) is 25.3 Å². The molecule has 0 spiro atoms. The fourth-order valence-corrected chi connectivity index (χ4v) is 4.70. The highest BCUT2D eigenvalue weighted by molar-refractivity contribution is 5.85. The van der Waals surface area contributed by atoms with Crippen molar-refractivity contribution in [1.82, 2.24) is 24.9 Å². The monoisotopic (exact) mass is 433 g/mol. The summed E-state index contributed by atoms with van der Waals surface area (Å²) in [7, 11) is 1.94. The first-order chi connectivity index (χ1) is 12.7. The average molecular weight is 434 g/mol. The maximum atomic E-state index is 13.5. The summed E-state index contributed by atoms with van der Waals surface area (Å²) in [5, 5.41) is 7.74. The third-order valence-electron chi connectivity index (χ3n) is 6.17. The second kappa shape index (κ2) is 10.8. The number of morpholine rings is 1. The number of nitrogens with zero attached hydrogens (tertiary/aromatic N) is 4. The van der Waals surface area contributed by atoms with E-state index in [2.05, 4.69) is 26.4 Å². The van der Waals surface area contributed by atoms with Crippen molar-refractivity contribution in [1.29, 1.82) is 0 Å². The fraction of sp³-hybridized carbons (Fsp3) is 0.789. The second-order valence-corrected chi connectivity index (χ2v) is 7.91. The molecule has 3 saturated heterocycles. The van der Waals surface area contributed by atoms with Gasteiger partial charge in [-0.3, -0.25) is 14.4 Å². The van der Waals surface area contributed by atoms with Gasteiger partial charge in [-0.25, -0.2) is 0 Å². The van der Waals surface area contributed by atoms with Crippen molar-refractivity contribution in [2.24, 2.45) is 13.0 Å². The van der Waals surface area contributed by atoms with Crippen molar-refractivity contribution in [3.63, 3.8) is 0 Å². The summed E-state index contributed by atoms with van der Waals surface area (Å²) >= 11 is 0. The molecule has 3 atom stereocenters. The maximum absolute atomic E-state index is 13.5. The number of carbonyl (C=O) groups is 1. The minimum absolute atomic E-state index is 0. The summed E-state index contributed by atoms with van der Waals surface area (Å²) in [6.07, 6.45) is 7.45. The Labute approximate surface area is 180 Å². The number of aryl methyl sites for hydroxylation is 1. The van der Waals surface area contributed by atoms with E-state index >= 15 is 0 Å². The normalized spacial score (nSPS) is 28.5. The molecule has 3 aliphatic rings. The first kappa shape index (κ1) is 23.4. The van der Waals surface area contributed by atoms with Gasteiger partial charge in [-0.15, -0.1) is 24.8 Å². The molecule has 1 aromatic rings. The number of amides is 1. The molecule has 0 aliphatic carbocycles. The number of ether oxygens (including phenoxy) is 1. The van der Waals surface area contributed by atoms with Crippen LogP contribution in [0.15, 0.2) is 12.4 Å². The lowest BCUT2D eigenvalue weighted by molar-refractivity contribution is -0.139. The third kappa shape index (κ3) is 5.19. The number of nitrogens with one attached hydrogen (secondary N) is 1. The van der Waals surface area contributed by atoms with E-state index in [1.165, 1.54) is 12.0 Å². The van der Waals surface area contributed by atoms with Gasteiger partial charge in [0.1, 0.15) is 0 Å². The van der Waals surface area contributed by atoms with Crippen molar-refractivity contribution in [2.45, 2.75) is 31.2 Å². The summed E-state index contributed by atoms with van der Waals surface area (Å²) in [4.78, 5) is 18.1. The van der Waals surface area contributed by atoms with Gasteiger partial charge in [-0.2, -0.15) is 5.10 Å². The summed E-state index contributed by atoms with van der Waals surface area (Å²) in [5.41, 5.74) is 1.18. The van der Waals surface area contributed by atoms with Crippen LogP contribution in [0, 0.1) is 5.92 Å². The summed E-state index contributed by atoms with van der Waals surface area (Å²) < 4.78 is 7.30. The number of halogens is 2. The molecule has 3 aliphatic heterocycles. The maximum Gasteiger partial charge on any atom is 0.227 e. The molecule has 1 aromatic heterocycles. The average Bonchev–Trinajstić information content (AvgIpc) is 3.31. The fourth-order valence-electron chi connectivity index (χ4n) is 4.70. The second-order valence-electron chi connectivity index (χ2n) is 7.91. The standard InChI is InChI=1S/C19H31N5O2.2ClH/c1-22-13-15(10-21-22)17-11-20-12-18(17)19(25)24-5-3-2-4-16(24)14-23-6-8-26-9-7-23;;/h10,13,16-18,20H,2-9,11-12,14H2,1H3;2*1H/t16?,17-,18+;;/m1../s1. The predicted octanol–water partition coefficient (Wildman–Crippen LogP) is 1.28. The molecule has 28 heavy (non-hydrogen) atoms. The molecule has 1 amide bonds. The highest BCUT2D eigenvalue weighted by Crippen LogP contribution is 2.31. The van der Waals surface area contributed by atoms with Crippen molar-refractivity contribution in [2.75, 3.05) is 52.5 Å².